The number of benzene rings is 1. The number of carboxylic acids is 1. The van der Waals surface area contributed by atoms with Gasteiger partial charge < -0.3 is 10.2 Å². The van der Waals surface area contributed by atoms with Gasteiger partial charge in [-0.25, -0.2) is 4.79 Å². The molecule has 1 aromatic carbocycles. The van der Waals surface area contributed by atoms with Gasteiger partial charge in [0, 0.05) is 4.91 Å². The molecule has 5 heteroatoms. The molecule has 0 fully saturated rings. The van der Waals surface area contributed by atoms with Crippen molar-refractivity contribution in [3.8, 4) is 5.75 Å². The lowest BCUT2D eigenvalue weighted by atomic mass is 10.0. The largest absolute Gasteiger partial charge is 0.507 e. The molecule has 0 aromatic heterocycles. The maximum atomic E-state index is 12.7. The van der Waals surface area contributed by atoms with E-state index in [4.69, 9.17) is 0 Å². The van der Waals surface area contributed by atoms with E-state index in [9.17, 15) is 19.8 Å². The zero-order valence-electron chi connectivity index (χ0n) is 14.5. The molecule has 1 heterocycles. The highest BCUT2D eigenvalue weighted by Crippen LogP contribution is 2.58. The molecule has 1 aliphatic rings. The lowest BCUT2D eigenvalue weighted by Crippen LogP contribution is -2.05. The van der Waals surface area contributed by atoms with Crippen LogP contribution >= 0.6 is 10.0 Å². The van der Waals surface area contributed by atoms with Gasteiger partial charge in [-0.1, -0.05) is 6.08 Å². The first kappa shape index (κ1) is 18.1. The number of hydrogen-bond acceptors (Lipinski definition) is 3. The zero-order valence-corrected chi connectivity index (χ0v) is 15.3. The minimum atomic E-state index is -1.56. The number of hydrogen-bond donors (Lipinski definition) is 2. The van der Waals surface area contributed by atoms with E-state index in [1.165, 1.54) is 6.08 Å². The molecule has 0 spiro atoms. The van der Waals surface area contributed by atoms with Gasteiger partial charge >= 0.3 is 5.97 Å². The number of aryl methyl sites for hydroxylation is 2. The maximum absolute atomic E-state index is 12.7. The van der Waals surface area contributed by atoms with E-state index in [1.807, 2.05) is 26.4 Å². The number of carbonyl (C=O) groups is 2. The molecule has 0 bridgehead atoms. The second kappa shape index (κ2) is 6.32. The van der Waals surface area contributed by atoms with Crippen molar-refractivity contribution in [1.82, 2.24) is 0 Å². The summed E-state index contributed by atoms with van der Waals surface area (Å²) in [6, 6.07) is 3.61. The molecule has 0 unspecified atom stereocenters. The van der Waals surface area contributed by atoms with E-state index in [0.29, 0.717) is 10.5 Å². The third-order valence-corrected chi connectivity index (χ3v) is 6.46. The molecule has 1 aliphatic heterocycles. The van der Waals surface area contributed by atoms with Gasteiger partial charge in [-0.3, -0.25) is 4.79 Å². The highest BCUT2D eigenvalue weighted by Gasteiger charge is 2.33. The van der Waals surface area contributed by atoms with Crippen molar-refractivity contribution < 1.29 is 19.8 Å². The Balaban J connectivity index is 2.35. The monoisotopic (exact) mass is 346 g/mol. The Morgan fingerprint density at radius 1 is 1.08 bits per heavy atom. The van der Waals surface area contributed by atoms with Gasteiger partial charge in [0.15, 0.2) is 5.78 Å². The summed E-state index contributed by atoms with van der Waals surface area (Å²) in [5.41, 5.74) is 3.10. The van der Waals surface area contributed by atoms with Crippen molar-refractivity contribution in [2.75, 3.05) is 12.5 Å². The van der Waals surface area contributed by atoms with Crippen molar-refractivity contribution >= 4 is 27.9 Å². The second-order valence-corrected chi connectivity index (χ2v) is 9.85. The third-order valence-electron chi connectivity index (χ3n) is 4.08. The SMILES string of the molecule is CC1=C(C(=O)C=Cc2cc(C)c(O)c(C)c2)S(C)(C)C=C1C(=O)O. The first-order chi connectivity index (χ1) is 11.0. The van der Waals surface area contributed by atoms with Gasteiger partial charge in [-0.2, -0.15) is 10.0 Å². The average Bonchev–Trinajstić information content (AvgIpc) is 2.72. The molecule has 0 saturated carbocycles. The smallest absolute Gasteiger partial charge is 0.336 e. The molecule has 2 N–H and O–H groups in total. The Hall–Kier alpha value is -2.27. The summed E-state index contributed by atoms with van der Waals surface area (Å²) >= 11 is 0. The molecule has 2 rings (SSSR count). The standard InChI is InChI=1S/C19H22O4S/c1-11-8-14(9-12(2)17(11)21)6-7-16(20)18-13(3)15(19(22)23)10-24(18,4)5/h6-10,21H,1-5H3,(H,22,23). The minimum absolute atomic E-state index is 0.164. The molecule has 4 nitrogen and oxygen atoms in total. The van der Waals surface area contributed by atoms with Crippen LogP contribution in [-0.2, 0) is 9.59 Å². The Morgan fingerprint density at radius 2 is 1.62 bits per heavy atom. The summed E-state index contributed by atoms with van der Waals surface area (Å²) in [4.78, 5) is 24.5. The van der Waals surface area contributed by atoms with Gasteiger partial charge in [0.25, 0.3) is 0 Å². The van der Waals surface area contributed by atoms with Crippen LogP contribution in [0.1, 0.15) is 23.6 Å². The van der Waals surface area contributed by atoms with Crippen molar-refractivity contribution in [2.24, 2.45) is 0 Å². The van der Waals surface area contributed by atoms with Crippen LogP contribution in [0.3, 0.4) is 0 Å². The number of rotatable bonds is 4. The van der Waals surface area contributed by atoms with Crippen LogP contribution in [0, 0.1) is 13.8 Å². The molecule has 0 aliphatic carbocycles. The fourth-order valence-electron chi connectivity index (χ4n) is 2.95. The topological polar surface area (TPSA) is 74.6 Å². The number of allylic oxidation sites excluding steroid dienone is 2. The van der Waals surface area contributed by atoms with E-state index in [-0.39, 0.29) is 17.1 Å². The second-order valence-electron chi connectivity index (χ2n) is 6.40. The Bertz CT molecular complexity index is 803. The van der Waals surface area contributed by atoms with Crippen molar-refractivity contribution in [1.29, 1.82) is 0 Å². The zero-order chi connectivity index (χ0) is 18.2. The molecule has 0 saturated heterocycles. The van der Waals surface area contributed by atoms with E-state index in [2.05, 4.69) is 0 Å². The molecule has 24 heavy (non-hydrogen) atoms. The molecule has 0 amide bonds. The highest BCUT2D eigenvalue weighted by molar-refractivity contribution is 8.39. The van der Waals surface area contributed by atoms with E-state index in [1.54, 1.807) is 30.5 Å². The molecule has 1 aromatic rings. The van der Waals surface area contributed by atoms with Crippen LogP contribution in [0.25, 0.3) is 6.08 Å². The molecule has 0 atom stereocenters. The lowest BCUT2D eigenvalue weighted by molar-refractivity contribution is -0.132. The van der Waals surface area contributed by atoms with Crippen LogP contribution < -0.4 is 0 Å². The van der Waals surface area contributed by atoms with Crippen LogP contribution in [-0.4, -0.2) is 34.5 Å². The van der Waals surface area contributed by atoms with E-state index < -0.39 is 16.0 Å². The predicted octanol–water partition coefficient (Wildman–Crippen LogP) is 3.91. The lowest BCUT2D eigenvalue weighted by Gasteiger charge is -2.25. The molecular weight excluding hydrogens is 324 g/mol. The molecule has 128 valence electrons. The van der Waals surface area contributed by atoms with Gasteiger partial charge in [-0.15, -0.1) is 0 Å². The summed E-state index contributed by atoms with van der Waals surface area (Å²) in [5, 5.41) is 20.8. The molecular formula is C19H22O4S. The van der Waals surface area contributed by atoms with Crippen molar-refractivity contribution in [3.05, 3.63) is 56.4 Å². The van der Waals surface area contributed by atoms with Crippen LogP contribution in [0.4, 0.5) is 0 Å². The average molecular weight is 346 g/mol. The van der Waals surface area contributed by atoms with Gasteiger partial charge in [-0.05, 0) is 79.2 Å². The summed E-state index contributed by atoms with van der Waals surface area (Å²) in [5.74, 6) is -0.901. The van der Waals surface area contributed by atoms with Crippen LogP contribution in [0.2, 0.25) is 0 Å². The fourth-order valence-corrected chi connectivity index (χ4v) is 5.42. The summed E-state index contributed by atoms with van der Waals surface area (Å²) in [7, 11) is -1.56. The normalized spacial score (nSPS) is 18.0. The number of phenolic OH excluding ortho intramolecular Hbond substituents is 1. The fraction of sp³-hybridized carbons (Fsp3) is 0.263. The number of carboxylic acid groups (broad SMARTS) is 1. The summed E-state index contributed by atoms with van der Waals surface area (Å²) in [6.45, 7) is 5.31. The number of phenols is 1. The number of aromatic hydroxyl groups is 1. The maximum Gasteiger partial charge on any atom is 0.336 e. The van der Waals surface area contributed by atoms with Crippen molar-refractivity contribution in [3.63, 3.8) is 0 Å². The van der Waals surface area contributed by atoms with Crippen molar-refractivity contribution in [2.45, 2.75) is 20.8 Å². The van der Waals surface area contributed by atoms with Gasteiger partial charge in [0.1, 0.15) is 5.75 Å². The van der Waals surface area contributed by atoms with Gasteiger partial charge in [0.2, 0.25) is 0 Å². The van der Waals surface area contributed by atoms with Crippen LogP contribution in [0.15, 0.2) is 39.7 Å². The summed E-state index contributed by atoms with van der Waals surface area (Å²) < 4.78 is 0. The Kier molecular flexibility index (Phi) is 4.76. The van der Waals surface area contributed by atoms with Crippen LogP contribution in [0.5, 0.6) is 5.75 Å². The number of aliphatic carboxylic acids is 1. The Labute approximate surface area is 143 Å². The van der Waals surface area contributed by atoms with E-state index >= 15 is 0 Å². The Morgan fingerprint density at radius 3 is 2.08 bits per heavy atom. The summed E-state index contributed by atoms with van der Waals surface area (Å²) in [6.07, 6.45) is 7.03. The predicted molar refractivity (Wildman–Crippen MR) is 99.5 cm³/mol. The first-order valence-electron chi connectivity index (χ1n) is 7.47. The van der Waals surface area contributed by atoms with E-state index in [0.717, 1.165) is 16.7 Å². The highest BCUT2D eigenvalue weighted by atomic mass is 32.3. The number of carbonyl (C=O) groups excluding carboxylic acids is 1. The third kappa shape index (κ3) is 3.31. The van der Waals surface area contributed by atoms with Gasteiger partial charge in [0.05, 0.1) is 5.57 Å². The number of ketones is 1. The minimum Gasteiger partial charge on any atom is -0.507 e. The quantitative estimate of drug-likeness (QED) is 0.811. The molecule has 0 radical (unpaired) electrons. The first-order valence-corrected chi connectivity index (χ1v) is 9.98.